The number of carbonyl (C=O) groups is 1. The number of hydrogen-bond donors (Lipinski definition) is 1. The first-order chi connectivity index (χ1) is 17.5. The number of nitrogens with one attached hydrogen (secondary N) is 1. The molecule has 5 rings (SSSR count). The molecule has 188 valence electrons. The van der Waals surface area contributed by atoms with Crippen molar-refractivity contribution in [1.29, 1.82) is 0 Å². The Morgan fingerprint density at radius 3 is 2.75 bits per heavy atom. The van der Waals surface area contributed by atoms with Crippen molar-refractivity contribution >= 4 is 27.7 Å². The lowest BCUT2D eigenvalue weighted by molar-refractivity contribution is -0.121. The van der Waals surface area contributed by atoms with Gasteiger partial charge in [-0.2, -0.15) is 5.10 Å². The second-order valence-electron chi connectivity index (χ2n) is 9.65. The fourth-order valence-corrected chi connectivity index (χ4v) is 5.26. The van der Waals surface area contributed by atoms with Crippen LogP contribution in [0.5, 0.6) is 0 Å². The molecule has 1 amide bonds. The predicted octanol–water partition coefficient (Wildman–Crippen LogP) is 3.92. The molecule has 1 fully saturated rings. The number of halogens is 1. The van der Waals surface area contributed by atoms with E-state index in [-0.39, 0.29) is 30.4 Å². The molecule has 0 unspecified atom stereocenters. The molecule has 2 aromatic carbocycles. The van der Waals surface area contributed by atoms with Gasteiger partial charge in [-0.1, -0.05) is 42.8 Å². The fourth-order valence-electron chi connectivity index (χ4n) is 5.26. The number of benzene rings is 2. The lowest BCUT2D eigenvalue weighted by Crippen LogP contribution is -2.40. The Bertz CT molecular complexity index is 1440. The van der Waals surface area contributed by atoms with Gasteiger partial charge in [0.2, 0.25) is 5.91 Å². The van der Waals surface area contributed by atoms with Gasteiger partial charge in [-0.15, -0.1) is 0 Å². The number of carbonyl (C=O) groups excluding carboxylic acids is 1. The van der Waals surface area contributed by atoms with Crippen LogP contribution in [0.3, 0.4) is 0 Å². The maximum absolute atomic E-state index is 14.5. The van der Waals surface area contributed by atoms with Gasteiger partial charge in [-0.25, -0.2) is 9.07 Å². The van der Waals surface area contributed by atoms with E-state index >= 15 is 0 Å². The van der Waals surface area contributed by atoms with Gasteiger partial charge in [0, 0.05) is 41.0 Å². The number of likely N-dealkylation sites (tertiary alicyclic amines) is 1. The molecule has 1 saturated heterocycles. The maximum Gasteiger partial charge on any atom is 0.291 e. The van der Waals surface area contributed by atoms with Crippen LogP contribution in [0.15, 0.2) is 59.5 Å². The summed E-state index contributed by atoms with van der Waals surface area (Å²) >= 11 is 0. The van der Waals surface area contributed by atoms with Gasteiger partial charge in [-0.05, 0) is 44.9 Å². The fraction of sp³-hybridized carbons (Fsp3) is 0.393. The van der Waals surface area contributed by atoms with E-state index in [2.05, 4.69) is 22.2 Å². The van der Waals surface area contributed by atoms with Crippen LogP contribution in [0.25, 0.3) is 21.8 Å². The van der Waals surface area contributed by atoms with Crippen molar-refractivity contribution in [1.82, 2.24) is 24.6 Å². The van der Waals surface area contributed by atoms with E-state index in [4.69, 9.17) is 0 Å². The lowest BCUT2D eigenvalue weighted by atomic mass is 10.0. The number of hydrogen-bond acceptors (Lipinski definition) is 4. The number of piperidine rings is 1. The highest BCUT2D eigenvalue weighted by atomic mass is 19.1. The Balaban J connectivity index is 1.35. The van der Waals surface area contributed by atoms with E-state index in [0.717, 1.165) is 30.4 Å². The first-order valence-electron chi connectivity index (χ1n) is 12.7. The molecular weight excluding hydrogens is 457 g/mol. The standard InChI is InChI=1S/C28H32FN5O2/c1-20-9-6-7-15-32(20)16-8-14-30-26(35)19-34-28(36)27-23(17-31-34)22-11-3-5-13-25(22)33(27)18-21-10-2-4-12-24(21)29/h2-5,10-13,17,20H,6-9,14-16,18-19H2,1H3,(H,30,35)/t20-/m0/s1. The second kappa shape index (κ2) is 10.6. The van der Waals surface area contributed by atoms with Crippen molar-refractivity contribution in [3.63, 3.8) is 0 Å². The lowest BCUT2D eigenvalue weighted by Gasteiger charge is -2.33. The van der Waals surface area contributed by atoms with Crippen LogP contribution in [-0.2, 0) is 17.9 Å². The minimum Gasteiger partial charge on any atom is -0.354 e. The van der Waals surface area contributed by atoms with Gasteiger partial charge in [0.25, 0.3) is 5.56 Å². The summed E-state index contributed by atoms with van der Waals surface area (Å²) in [4.78, 5) is 28.6. The third-order valence-electron chi connectivity index (χ3n) is 7.24. The highest BCUT2D eigenvalue weighted by Gasteiger charge is 2.19. The summed E-state index contributed by atoms with van der Waals surface area (Å²) in [6, 6.07) is 14.8. The molecule has 8 heteroatoms. The molecular formula is C28H32FN5O2. The van der Waals surface area contributed by atoms with E-state index in [1.165, 1.54) is 30.0 Å². The zero-order valence-electron chi connectivity index (χ0n) is 20.6. The van der Waals surface area contributed by atoms with Crippen LogP contribution in [0.2, 0.25) is 0 Å². The Morgan fingerprint density at radius 2 is 1.92 bits per heavy atom. The van der Waals surface area contributed by atoms with E-state index in [1.807, 2.05) is 28.8 Å². The molecule has 7 nitrogen and oxygen atoms in total. The molecule has 2 aromatic heterocycles. The van der Waals surface area contributed by atoms with Crippen molar-refractivity contribution < 1.29 is 9.18 Å². The highest BCUT2D eigenvalue weighted by molar-refractivity contribution is 6.07. The first kappa shape index (κ1) is 24.2. The molecule has 1 aliphatic rings. The third-order valence-corrected chi connectivity index (χ3v) is 7.24. The molecule has 0 spiro atoms. The van der Waals surface area contributed by atoms with Gasteiger partial charge < -0.3 is 14.8 Å². The largest absolute Gasteiger partial charge is 0.354 e. The first-order valence-corrected chi connectivity index (χ1v) is 12.7. The van der Waals surface area contributed by atoms with Crippen molar-refractivity contribution in [2.75, 3.05) is 19.6 Å². The van der Waals surface area contributed by atoms with E-state index in [1.54, 1.807) is 24.4 Å². The van der Waals surface area contributed by atoms with Crippen LogP contribution >= 0.6 is 0 Å². The number of nitrogens with zero attached hydrogens (tertiary/aromatic N) is 4. The van der Waals surface area contributed by atoms with Crippen LogP contribution in [-0.4, -0.2) is 50.8 Å². The summed E-state index contributed by atoms with van der Waals surface area (Å²) in [7, 11) is 0. The van der Waals surface area contributed by atoms with Gasteiger partial charge in [0.05, 0.1) is 12.7 Å². The summed E-state index contributed by atoms with van der Waals surface area (Å²) in [6.07, 6.45) is 6.26. The predicted molar refractivity (Wildman–Crippen MR) is 140 cm³/mol. The van der Waals surface area contributed by atoms with Gasteiger partial charge in [0.15, 0.2) is 0 Å². The maximum atomic E-state index is 14.5. The van der Waals surface area contributed by atoms with Crippen molar-refractivity contribution in [3.05, 3.63) is 76.5 Å². The molecule has 1 atom stereocenters. The number of para-hydroxylation sites is 1. The summed E-state index contributed by atoms with van der Waals surface area (Å²) in [5.41, 5.74) is 1.37. The zero-order chi connectivity index (χ0) is 25.1. The molecule has 36 heavy (non-hydrogen) atoms. The molecule has 1 N–H and O–H groups in total. The average Bonchev–Trinajstić information content (AvgIpc) is 3.20. The summed E-state index contributed by atoms with van der Waals surface area (Å²) < 4.78 is 17.5. The Hall–Kier alpha value is -3.52. The number of fused-ring (bicyclic) bond motifs is 3. The number of rotatable bonds is 8. The molecule has 0 bridgehead atoms. The molecule has 0 saturated carbocycles. The monoisotopic (exact) mass is 489 g/mol. The van der Waals surface area contributed by atoms with Crippen LogP contribution in [0, 0.1) is 5.82 Å². The van der Waals surface area contributed by atoms with Gasteiger partial charge in [-0.3, -0.25) is 9.59 Å². The number of amides is 1. The Morgan fingerprint density at radius 1 is 1.11 bits per heavy atom. The summed E-state index contributed by atoms with van der Waals surface area (Å²) in [5.74, 6) is -0.566. The van der Waals surface area contributed by atoms with Crippen molar-refractivity contribution in [2.45, 2.75) is 51.7 Å². The molecule has 0 aliphatic carbocycles. The van der Waals surface area contributed by atoms with Crippen molar-refractivity contribution in [3.8, 4) is 0 Å². The minimum atomic E-state index is -0.364. The number of aromatic nitrogens is 3. The van der Waals surface area contributed by atoms with Gasteiger partial charge in [0.1, 0.15) is 17.9 Å². The Kier molecular flexibility index (Phi) is 7.13. The van der Waals surface area contributed by atoms with Crippen LogP contribution in [0.4, 0.5) is 4.39 Å². The van der Waals surface area contributed by atoms with E-state index in [9.17, 15) is 14.0 Å². The van der Waals surface area contributed by atoms with E-state index < -0.39 is 0 Å². The summed E-state index contributed by atoms with van der Waals surface area (Å²) in [6.45, 7) is 4.95. The molecule has 0 radical (unpaired) electrons. The normalized spacial score (nSPS) is 16.6. The molecule has 3 heterocycles. The average molecular weight is 490 g/mol. The van der Waals surface area contributed by atoms with Crippen LogP contribution < -0.4 is 10.9 Å². The smallest absolute Gasteiger partial charge is 0.291 e. The van der Waals surface area contributed by atoms with Gasteiger partial charge >= 0.3 is 0 Å². The van der Waals surface area contributed by atoms with Crippen LogP contribution in [0.1, 0.15) is 38.2 Å². The Labute approximate surface area is 209 Å². The minimum absolute atomic E-state index is 0.157. The highest BCUT2D eigenvalue weighted by Crippen LogP contribution is 2.27. The third kappa shape index (κ3) is 4.91. The topological polar surface area (TPSA) is 72.2 Å². The van der Waals surface area contributed by atoms with Crippen molar-refractivity contribution in [2.24, 2.45) is 0 Å². The SMILES string of the molecule is C[C@H]1CCCCN1CCCNC(=O)Cn1ncc2c3ccccc3n(Cc3ccccc3F)c2c1=O. The van der Waals surface area contributed by atoms with E-state index in [0.29, 0.717) is 29.1 Å². The molecule has 4 aromatic rings. The second-order valence-corrected chi connectivity index (χ2v) is 9.65. The summed E-state index contributed by atoms with van der Waals surface area (Å²) in [5, 5.41) is 8.79. The molecule has 1 aliphatic heterocycles. The quantitative estimate of drug-likeness (QED) is 0.381. The zero-order valence-corrected chi connectivity index (χ0v) is 20.6.